The van der Waals surface area contributed by atoms with Gasteiger partial charge >= 0.3 is 5.97 Å². The van der Waals surface area contributed by atoms with Crippen molar-refractivity contribution in [3.63, 3.8) is 0 Å². The first-order valence-corrected chi connectivity index (χ1v) is 31.9. The molecule has 0 saturated heterocycles. The van der Waals surface area contributed by atoms with Crippen molar-refractivity contribution in [3.8, 4) is 0 Å². The lowest BCUT2D eigenvalue weighted by Gasteiger charge is -2.39. The molecule has 15 heteroatoms. The van der Waals surface area contributed by atoms with Crippen LogP contribution in [-0.4, -0.2) is 120 Å². The Bertz CT molecular complexity index is 1460. The molecule has 0 aromatic heterocycles. The lowest BCUT2D eigenvalue weighted by molar-refractivity contribution is -0.177. The summed E-state index contributed by atoms with van der Waals surface area (Å²) in [6.07, 6.45) is 35.9. The van der Waals surface area contributed by atoms with E-state index in [9.17, 15) is 54.3 Å². The van der Waals surface area contributed by atoms with Crippen LogP contribution >= 0.6 is 11.8 Å². The van der Waals surface area contributed by atoms with Crippen molar-refractivity contribution in [2.24, 2.45) is 5.73 Å². The number of carbonyl (C=O) groups excluding carboxylic acids is 5. The molecule has 2 unspecified atom stereocenters. The third-order valence-electron chi connectivity index (χ3n) is 14.7. The Morgan fingerprint density at radius 1 is 0.493 bits per heavy atom. The molecule has 0 saturated carbocycles. The number of aliphatic hydroxyl groups is 4. The van der Waals surface area contributed by atoms with Crippen molar-refractivity contribution >= 4 is 47.0 Å². The summed E-state index contributed by atoms with van der Waals surface area (Å²) in [6, 6.07) is -3.29. The molecule has 0 aromatic carbocycles. The molecule has 14 nitrogen and oxygen atoms in total. The lowest BCUT2D eigenvalue weighted by Crippen LogP contribution is -2.72. The van der Waals surface area contributed by atoms with Crippen LogP contribution in [0.3, 0.4) is 0 Å². The second-order valence-electron chi connectivity index (χ2n) is 21.6. The predicted octanol–water partition coefficient (Wildman–Crippen LogP) is 12.0. The van der Waals surface area contributed by atoms with Crippen LogP contribution in [0.25, 0.3) is 0 Å². The van der Waals surface area contributed by atoms with Gasteiger partial charge in [0, 0.05) is 24.3 Å². The van der Waals surface area contributed by atoms with E-state index >= 15 is 0 Å². The minimum absolute atomic E-state index is 0.0492. The molecule has 0 aliphatic rings. The number of imide groups is 1. The second kappa shape index (κ2) is 49.8. The van der Waals surface area contributed by atoms with Crippen LogP contribution in [-0.2, 0) is 28.8 Å². The molecule has 0 heterocycles. The first-order valence-electron chi connectivity index (χ1n) is 30.7. The van der Waals surface area contributed by atoms with Crippen molar-refractivity contribution in [1.29, 1.82) is 0 Å². The summed E-state index contributed by atoms with van der Waals surface area (Å²) in [5, 5.41) is 54.7. The first kappa shape index (κ1) is 72.6. The number of nitrogens with two attached hydrogens (primary N) is 1. The van der Waals surface area contributed by atoms with E-state index in [1.165, 1.54) is 122 Å². The fourth-order valence-electron chi connectivity index (χ4n) is 9.87. The molecule has 5 atom stereocenters. The highest BCUT2D eigenvalue weighted by Crippen LogP contribution is 2.29. The van der Waals surface area contributed by atoms with E-state index in [2.05, 4.69) is 26.1 Å². The minimum Gasteiger partial charge on any atom is -0.479 e. The summed E-state index contributed by atoms with van der Waals surface area (Å²) in [6.45, 7) is 4.99. The number of unbranched alkanes of at least 4 members (excludes halogenated alkanes) is 36. The number of ketones is 2. The molecular formula is C60H113N3O11S. The summed E-state index contributed by atoms with van der Waals surface area (Å²) in [7, 11) is 0. The molecule has 0 aromatic rings. The minimum atomic E-state index is -3.46. The largest absolute Gasteiger partial charge is 0.479 e. The number of Topliss-reactive ketones (excluding diaryl/α,β-unsaturated/α-hetero) is 2. The Morgan fingerprint density at radius 3 is 1.19 bits per heavy atom. The van der Waals surface area contributed by atoms with Crippen molar-refractivity contribution < 1.29 is 54.3 Å². The molecule has 0 aliphatic heterocycles. The number of nitrogens with zero attached hydrogens (tertiary/aromatic N) is 1. The summed E-state index contributed by atoms with van der Waals surface area (Å²) < 4.78 is 0. The number of aliphatic hydroxyl groups excluding tert-OH is 4. The van der Waals surface area contributed by atoms with Crippen molar-refractivity contribution in [2.75, 3.05) is 24.7 Å². The number of carbonyl (C=O) groups is 6. The van der Waals surface area contributed by atoms with Gasteiger partial charge in [-0.15, -0.1) is 0 Å². The molecule has 0 fully saturated rings. The fourth-order valence-corrected chi connectivity index (χ4v) is 10.8. The fraction of sp³-hybridized carbons (Fsp3) is 0.900. The van der Waals surface area contributed by atoms with Crippen LogP contribution in [0.4, 0.5) is 0 Å². The van der Waals surface area contributed by atoms with Gasteiger partial charge in [-0.25, -0.2) is 9.69 Å². The van der Waals surface area contributed by atoms with Gasteiger partial charge < -0.3 is 36.6 Å². The highest BCUT2D eigenvalue weighted by molar-refractivity contribution is 7.99. The first-order chi connectivity index (χ1) is 36.3. The van der Waals surface area contributed by atoms with Gasteiger partial charge in [-0.05, 0) is 19.3 Å². The number of hydrogen-bond acceptors (Lipinski definition) is 12. The van der Waals surface area contributed by atoms with Crippen LogP contribution in [0.15, 0.2) is 0 Å². The predicted molar refractivity (Wildman–Crippen MR) is 307 cm³/mol. The van der Waals surface area contributed by atoms with Crippen molar-refractivity contribution in [2.45, 2.75) is 320 Å². The van der Waals surface area contributed by atoms with E-state index in [-0.39, 0.29) is 35.7 Å². The van der Waals surface area contributed by atoms with E-state index in [4.69, 9.17) is 5.73 Å². The molecular weight excluding hydrogens is 971 g/mol. The number of hydrogen-bond donors (Lipinski definition) is 7. The number of nitrogens with one attached hydrogen (secondary N) is 1. The zero-order valence-electron chi connectivity index (χ0n) is 48.0. The molecule has 8 N–H and O–H groups in total. The number of amides is 3. The average molecular weight is 1080 g/mol. The molecule has 440 valence electrons. The van der Waals surface area contributed by atoms with E-state index in [0.29, 0.717) is 25.7 Å². The Kier molecular flexibility index (Phi) is 48.2. The van der Waals surface area contributed by atoms with Gasteiger partial charge in [0.15, 0.2) is 5.78 Å². The zero-order chi connectivity index (χ0) is 55.8. The maximum absolute atomic E-state index is 14.8. The van der Waals surface area contributed by atoms with Crippen LogP contribution in [0, 0.1) is 0 Å². The van der Waals surface area contributed by atoms with Crippen LogP contribution in [0.2, 0.25) is 0 Å². The van der Waals surface area contributed by atoms with Gasteiger partial charge in [0.05, 0.1) is 25.4 Å². The van der Waals surface area contributed by atoms with E-state index in [0.717, 1.165) is 102 Å². The monoisotopic (exact) mass is 1080 g/mol. The topological polar surface area (TPSA) is 245 Å². The van der Waals surface area contributed by atoms with Gasteiger partial charge in [-0.2, -0.15) is 11.8 Å². The van der Waals surface area contributed by atoms with E-state index < -0.39 is 91.1 Å². The number of carboxylic acids is 1. The Hall–Kier alpha value is -2.43. The third kappa shape index (κ3) is 34.2. The summed E-state index contributed by atoms with van der Waals surface area (Å²) in [5.41, 5.74) is 2.63. The Labute approximate surface area is 460 Å². The van der Waals surface area contributed by atoms with Gasteiger partial charge in [-0.1, -0.05) is 258 Å². The molecule has 75 heavy (non-hydrogen) atoms. The normalized spacial score (nSPS) is 14.0. The highest BCUT2D eigenvalue weighted by atomic mass is 32.2. The van der Waals surface area contributed by atoms with E-state index in [1.54, 1.807) is 0 Å². The molecule has 0 bridgehead atoms. The standard InChI is InChI=1S/C60H113N3O11S/c1-4-7-10-13-16-19-22-25-28-31-34-37-40-43-53(67)56(70)60(59(73)74,54(68)44-41-38-35-32-29-26-23-20-17-14-11-8-5-2)63(55(69)45-42-39-36-33-30-27-24-21-18-15-12-9-6-3)58(72)52(47-65)62-57(71)51(61)49-75-48-50(66)46-64/h50-53,64-67H,4-49,61H2,1-3H3,(H,62,71)(H,73,74)/t50?,51-,52-,53?,60-/m0/s1. The van der Waals surface area contributed by atoms with Crippen LogP contribution < -0.4 is 11.1 Å². The maximum Gasteiger partial charge on any atom is 0.346 e. The second-order valence-corrected chi connectivity index (χ2v) is 22.7. The highest BCUT2D eigenvalue weighted by Gasteiger charge is 2.62. The lowest BCUT2D eigenvalue weighted by atomic mass is 9.80. The zero-order valence-corrected chi connectivity index (χ0v) is 48.8. The van der Waals surface area contributed by atoms with Crippen LogP contribution in [0.5, 0.6) is 0 Å². The molecule has 0 aliphatic carbocycles. The maximum atomic E-state index is 14.8. The summed E-state index contributed by atoms with van der Waals surface area (Å²) in [5.74, 6) is -8.35. The third-order valence-corrected chi connectivity index (χ3v) is 15.9. The number of carboxylic acid groups (broad SMARTS) is 1. The van der Waals surface area contributed by atoms with Crippen molar-refractivity contribution in [3.05, 3.63) is 0 Å². The van der Waals surface area contributed by atoms with Gasteiger partial charge in [-0.3, -0.25) is 24.0 Å². The summed E-state index contributed by atoms with van der Waals surface area (Å²) >= 11 is 1.05. The van der Waals surface area contributed by atoms with Crippen LogP contribution in [0.1, 0.15) is 290 Å². The summed E-state index contributed by atoms with van der Waals surface area (Å²) in [4.78, 5) is 86.3. The molecule has 0 spiro atoms. The Morgan fingerprint density at radius 2 is 0.840 bits per heavy atom. The number of aliphatic carboxylic acids is 1. The molecule has 0 rings (SSSR count). The number of thioether (sulfide) groups is 1. The SMILES string of the molecule is CCCCCCCCCCCCCCCC(=O)N(C(=O)[C@H](CO)NC(=O)[C@@H](N)CSCC(O)CO)[C@@](C(=O)O)(C(=O)CCCCCCCCCCCCCCC)C(=O)C(O)CCCCCCCCCCCCCCC. The van der Waals surface area contributed by atoms with Crippen molar-refractivity contribution in [1.82, 2.24) is 10.2 Å². The molecule has 3 amide bonds. The molecule has 0 radical (unpaired) electrons. The average Bonchev–Trinajstić information content (AvgIpc) is 3.40. The van der Waals surface area contributed by atoms with E-state index in [1.807, 2.05) is 0 Å². The van der Waals surface area contributed by atoms with Gasteiger partial charge in [0.2, 0.25) is 17.6 Å². The quantitative estimate of drug-likeness (QED) is 0.0222. The van der Waals surface area contributed by atoms with Gasteiger partial charge in [0.25, 0.3) is 11.4 Å². The number of rotatable bonds is 56. The smallest absolute Gasteiger partial charge is 0.346 e. The van der Waals surface area contributed by atoms with Gasteiger partial charge in [0.1, 0.15) is 12.1 Å². The Balaban J connectivity index is 6.45.